The van der Waals surface area contributed by atoms with Crippen molar-refractivity contribution in [2.24, 2.45) is 0 Å². The Morgan fingerprint density at radius 3 is 2.45 bits per heavy atom. The molecular weight excluding hydrogens is 258 g/mol. The molecule has 1 rings (SSSR count). The van der Waals surface area contributed by atoms with E-state index >= 15 is 0 Å². The van der Waals surface area contributed by atoms with Crippen molar-refractivity contribution in [3.8, 4) is 0 Å². The van der Waals surface area contributed by atoms with Gasteiger partial charge >= 0.3 is 5.97 Å². The Balaban J connectivity index is 2.67. The number of carboxylic acid groups (broad SMARTS) is 1. The van der Waals surface area contributed by atoms with Gasteiger partial charge in [-0.25, -0.2) is 0 Å². The highest BCUT2D eigenvalue weighted by Crippen LogP contribution is 2.13. The number of carbonyl (C=O) groups is 2. The van der Waals surface area contributed by atoms with Crippen LogP contribution in [0.15, 0.2) is 0 Å². The third-order valence-corrected chi connectivity index (χ3v) is 3.34. The average Bonchev–Trinajstić information content (AvgIpc) is 2.65. The fourth-order valence-corrected chi connectivity index (χ4v) is 2.16. The maximum absolute atomic E-state index is 12.4. The van der Waals surface area contributed by atoms with Crippen LogP contribution in [0.5, 0.6) is 0 Å². The zero-order valence-electron chi connectivity index (χ0n) is 12.6. The third kappa shape index (κ3) is 4.36. The molecule has 6 heteroatoms. The molecule has 0 saturated carbocycles. The van der Waals surface area contributed by atoms with Crippen LogP contribution in [0.2, 0.25) is 0 Å². The summed E-state index contributed by atoms with van der Waals surface area (Å²) in [5.74, 6) is -0.819. The highest BCUT2D eigenvalue weighted by Gasteiger charge is 2.20. The maximum Gasteiger partial charge on any atom is 0.303 e. The molecule has 1 aromatic heterocycles. The van der Waals surface area contributed by atoms with E-state index in [9.17, 15) is 9.59 Å². The Morgan fingerprint density at radius 2 is 2.00 bits per heavy atom. The molecule has 2 N–H and O–H groups in total. The van der Waals surface area contributed by atoms with Gasteiger partial charge in [0, 0.05) is 30.3 Å². The highest BCUT2D eigenvalue weighted by atomic mass is 16.4. The predicted molar refractivity (Wildman–Crippen MR) is 75.5 cm³/mol. The number of H-pyrrole nitrogens is 1. The second kappa shape index (κ2) is 7.07. The summed E-state index contributed by atoms with van der Waals surface area (Å²) in [7, 11) is 0. The first kappa shape index (κ1) is 16.2. The number of hydrogen-bond acceptors (Lipinski definition) is 3. The molecule has 0 aromatic carbocycles. The molecule has 0 atom stereocenters. The van der Waals surface area contributed by atoms with E-state index in [4.69, 9.17) is 5.11 Å². The summed E-state index contributed by atoms with van der Waals surface area (Å²) in [4.78, 5) is 24.7. The summed E-state index contributed by atoms with van der Waals surface area (Å²) >= 11 is 0. The Morgan fingerprint density at radius 1 is 1.35 bits per heavy atom. The second-order valence-corrected chi connectivity index (χ2v) is 5.27. The van der Waals surface area contributed by atoms with Crippen LogP contribution < -0.4 is 0 Å². The first-order valence-corrected chi connectivity index (χ1v) is 6.84. The normalized spacial score (nSPS) is 10.8. The number of aliphatic carboxylic acids is 1. The minimum Gasteiger partial charge on any atom is -0.481 e. The van der Waals surface area contributed by atoms with Crippen LogP contribution in [-0.4, -0.2) is 44.7 Å². The minimum absolute atomic E-state index is 0.0120. The van der Waals surface area contributed by atoms with Crippen LogP contribution in [0.3, 0.4) is 0 Å². The van der Waals surface area contributed by atoms with Crippen LogP contribution in [0.4, 0.5) is 0 Å². The second-order valence-electron chi connectivity index (χ2n) is 5.27. The van der Waals surface area contributed by atoms with Crippen molar-refractivity contribution in [1.29, 1.82) is 0 Å². The van der Waals surface area contributed by atoms with Crippen molar-refractivity contribution < 1.29 is 14.7 Å². The first-order chi connectivity index (χ1) is 9.32. The minimum atomic E-state index is -0.831. The lowest BCUT2D eigenvalue weighted by Gasteiger charge is -2.26. The number of aromatic nitrogens is 2. The fraction of sp³-hybridized carbons (Fsp3) is 0.643. The van der Waals surface area contributed by atoms with E-state index in [1.165, 1.54) is 0 Å². The number of amides is 1. The summed E-state index contributed by atoms with van der Waals surface area (Å²) in [6, 6.07) is 0.0591. The Labute approximate surface area is 119 Å². The summed E-state index contributed by atoms with van der Waals surface area (Å²) < 4.78 is 0. The van der Waals surface area contributed by atoms with Gasteiger partial charge < -0.3 is 10.0 Å². The Bertz CT molecular complexity index is 461. The predicted octanol–water partition coefficient (Wildman–Crippen LogP) is 1.67. The molecule has 0 aliphatic heterocycles. The van der Waals surface area contributed by atoms with Gasteiger partial charge in [0.2, 0.25) is 5.91 Å². The monoisotopic (exact) mass is 281 g/mol. The number of rotatable bonds is 7. The van der Waals surface area contributed by atoms with E-state index in [0.717, 1.165) is 17.0 Å². The average molecular weight is 281 g/mol. The van der Waals surface area contributed by atoms with Gasteiger partial charge in [-0.15, -0.1) is 0 Å². The van der Waals surface area contributed by atoms with Crippen LogP contribution in [0, 0.1) is 13.8 Å². The third-order valence-electron chi connectivity index (χ3n) is 3.34. The summed E-state index contributed by atoms with van der Waals surface area (Å²) in [5.41, 5.74) is 2.68. The summed E-state index contributed by atoms with van der Waals surface area (Å²) in [6.07, 6.45) is 0.863. The smallest absolute Gasteiger partial charge is 0.303 e. The van der Waals surface area contributed by atoms with Crippen LogP contribution in [0.1, 0.15) is 43.6 Å². The number of aryl methyl sites for hydroxylation is 2. The molecule has 0 unspecified atom stereocenters. The molecule has 112 valence electrons. The van der Waals surface area contributed by atoms with Gasteiger partial charge in [-0.3, -0.25) is 14.7 Å². The van der Waals surface area contributed by atoms with Gasteiger partial charge in [-0.2, -0.15) is 5.10 Å². The standard InChI is InChI=1S/C14H23N3O3/c1-9(2)17(7-5-6-14(19)20)13(18)8-12-10(3)15-16-11(12)4/h9H,5-8H2,1-4H3,(H,15,16)(H,19,20). The Hall–Kier alpha value is -1.85. The van der Waals surface area contributed by atoms with E-state index in [1.807, 2.05) is 27.7 Å². The summed E-state index contributed by atoms with van der Waals surface area (Å²) in [5, 5.41) is 15.6. The SMILES string of the molecule is Cc1n[nH]c(C)c1CC(=O)N(CCCC(=O)O)C(C)C. The molecule has 0 spiro atoms. The van der Waals surface area contributed by atoms with Crippen molar-refractivity contribution in [1.82, 2.24) is 15.1 Å². The highest BCUT2D eigenvalue weighted by molar-refractivity contribution is 5.79. The zero-order chi connectivity index (χ0) is 15.3. The lowest BCUT2D eigenvalue weighted by molar-refractivity contribution is -0.138. The number of nitrogens with one attached hydrogen (secondary N) is 1. The van der Waals surface area contributed by atoms with Crippen molar-refractivity contribution in [2.45, 2.75) is 53.0 Å². The van der Waals surface area contributed by atoms with Gasteiger partial charge in [0.1, 0.15) is 0 Å². The van der Waals surface area contributed by atoms with Gasteiger partial charge in [-0.1, -0.05) is 0 Å². The zero-order valence-corrected chi connectivity index (χ0v) is 12.6. The molecule has 1 amide bonds. The van der Waals surface area contributed by atoms with Gasteiger partial charge in [-0.05, 0) is 34.1 Å². The molecule has 6 nitrogen and oxygen atoms in total. The molecule has 1 heterocycles. The molecular formula is C14H23N3O3. The van der Waals surface area contributed by atoms with E-state index < -0.39 is 5.97 Å². The van der Waals surface area contributed by atoms with Gasteiger partial charge in [0.25, 0.3) is 0 Å². The van der Waals surface area contributed by atoms with Crippen LogP contribution >= 0.6 is 0 Å². The number of carbonyl (C=O) groups excluding carboxylic acids is 1. The van der Waals surface area contributed by atoms with E-state index in [2.05, 4.69) is 10.2 Å². The lowest BCUT2D eigenvalue weighted by atomic mass is 10.1. The van der Waals surface area contributed by atoms with Gasteiger partial charge in [0.15, 0.2) is 0 Å². The molecule has 1 aromatic rings. The van der Waals surface area contributed by atoms with Gasteiger partial charge in [0.05, 0.1) is 12.1 Å². The van der Waals surface area contributed by atoms with Crippen molar-refractivity contribution >= 4 is 11.9 Å². The molecule has 0 fully saturated rings. The van der Waals surface area contributed by atoms with Crippen LogP contribution in [-0.2, 0) is 16.0 Å². The van der Waals surface area contributed by atoms with Crippen LogP contribution in [0.25, 0.3) is 0 Å². The molecule has 20 heavy (non-hydrogen) atoms. The molecule has 0 aliphatic rings. The van der Waals surface area contributed by atoms with Crippen molar-refractivity contribution in [3.05, 3.63) is 17.0 Å². The Kier molecular flexibility index (Phi) is 5.73. The molecule has 0 radical (unpaired) electrons. The summed E-state index contributed by atoms with van der Waals surface area (Å²) in [6.45, 7) is 8.11. The number of nitrogens with zero attached hydrogens (tertiary/aromatic N) is 2. The van der Waals surface area contributed by atoms with E-state index in [-0.39, 0.29) is 18.4 Å². The number of hydrogen-bond donors (Lipinski definition) is 2. The quantitative estimate of drug-likeness (QED) is 0.796. The molecule has 0 aliphatic carbocycles. The molecule has 0 bridgehead atoms. The first-order valence-electron chi connectivity index (χ1n) is 6.84. The number of aromatic amines is 1. The topological polar surface area (TPSA) is 86.3 Å². The van der Waals surface area contributed by atoms with Crippen molar-refractivity contribution in [3.63, 3.8) is 0 Å². The van der Waals surface area contributed by atoms with E-state index in [1.54, 1.807) is 4.90 Å². The number of carboxylic acids is 1. The lowest BCUT2D eigenvalue weighted by Crippen LogP contribution is -2.39. The largest absolute Gasteiger partial charge is 0.481 e. The van der Waals surface area contributed by atoms with Crippen molar-refractivity contribution in [2.75, 3.05) is 6.54 Å². The fourth-order valence-electron chi connectivity index (χ4n) is 2.16. The maximum atomic E-state index is 12.4. The molecule has 0 saturated heterocycles. The van der Waals surface area contributed by atoms with E-state index in [0.29, 0.717) is 19.4 Å².